The van der Waals surface area contributed by atoms with E-state index >= 15 is 0 Å². The normalized spacial score (nSPS) is 10.3. The van der Waals surface area contributed by atoms with Crippen LogP contribution in [0.2, 0.25) is 0 Å². The minimum absolute atomic E-state index is 0.258. The zero-order valence-corrected chi connectivity index (χ0v) is 11.7. The summed E-state index contributed by atoms with van der Waals surface area (Å²) in [6.45, 7) is 7.76. The molecule has 2 rings (SSSR count). The van der Waals surface area contributed by atoms with Gasteiger partial charge in [-0.1, -0.05) is 31.2 Å². The number of aromatic nitrogens is 1. The van der Waals surface area contributed by atoms with Gasteiger partial charge in [0.1, 0.15) is 0 Å². The third-order valence-electron chi connectivity index (χ3n) is 2.43. The van der Waals surface area contributed by atoms with E-state index in [-0.39, 0.29) is 6.29 Å². The Bertz CT molecular complexity index is 475. The van der Waals surface area contributed by atoms with Crippen LogP contribution in [-0.2, 0) is 9.59 Å². The molecular weight excluding hydrogens is 252 g/mol. The predicted octanol–water partition coefficient (Wildman–Crippen LogP) is 2.53. The molecule has 0 saturated carbocycles. The number of Topliss-reactive ketones (excluding diaryl/α,β-unsaturated/α-hetero) is 1. The fraction of sp³-hybridized carbons (Fsp3) is 0.188. The van der Waals surface area contributed by atoms with Crippen LogP contribution in [0, 0.1) is 0 Å². The second-order valence-electron chi connectivity index (χ2n) is 3.73. The summed E-state index contributed by atoms with van der Waals surface area (Å²) in [5, 5.41) is 1.20. The number of ketones is 1. The summed E-state index contributed by atoms with van der Waals surface area (Å²) >= 11 is 0. The lowest BCUT2D eigenvalue weighted by atomic mass is 10.2. The topological polar surface area (TPSA) is 73.1 Å². The van der Waals surface area contributed by atoms with Gasteiger partial charge in [-0.05, 0) is 18.6 Å². The average molecular weight is 272 g/mol. The number of benzene rings is 1. The Morgan fingerprint density at radius 1 is 1.30 bits per heavy atom. The first-order valence-corrected chi connectivity index (χ1v) is 6.23. The maximum Gasteiger partial charge on any atom is 0.211 e. The summed E-state index contributed by atoms with van der Waals surface area (Å²) in [4.78, 5) is 24.1. The summed E-state index contributed by atoms with van der Waals surface area (Å²) < 4.78 is 0. The highest BCUT2D eigenvalue weighted by Gasteiger charge is 2.07. The zero-order valence-electron chi connectivity index (χ0n) is 11.7. The lowest BCUT2D eigenvalue weighted by Gasteiger charge is -1.97. The Hall–Kier alpha value is -2.33. The molecule has 4 heteroatoms. The molecule has 0 fully saturated rings. The average Bonchev–Trinajstić information content (AvgIpc) is 2.56. The van der Waals surface area contributed by atoms with Gasteiger partial charge in [0.15, 0.2) is 6.29 Å². The van der Waals surface area contributed by atoms with Crippen molar-refractivity contribution >= 4 is 23.0 Å². The number of pyridine rings is 1. The molecule has 0 spiro atoms. The van der Waals surface area contributed by atoms with Gasteiger partial charge in [-0.25, -0.2) is 0 Å². The Balaban J connectivity index is 0.000000330. The van der Waals surface area contributed by atoms with Crippen LogP contribution in [0.5, 0.6) is 0 Å². The molecule has 2 N–H and O–H groups in total. The molecule has 106 valence electrons. The van der Waals surface area contributed by atoms with Gasteiger partial charge in [0.05, 0.1) is 11.6 Å². The number of aldehydes is 1. The summed E-state index contributed by atoms with van der Waals surface area (Å²) in [6.07, 6.45) is 2.59. The minimum atomic E-state index is -0.590. The van der Waals surface area contributed by atoms with Crippen LogP contribution in [-0.4, -0.2) is 23.1 Å². The van der Waals surface area contributed by atoms with Crippen LogP contribution in [0.4, 0.5) is 0 Å². The van der Waals surface area contributed by atoms with Crippen molar-refractivity contribution in [2.75, 3.05) is 0 Å². The quantitative estimate of drug-likeness (QED) is 0.529. The van der Waals surface area contributed by atoms with E-state index in [4.69, 9.17) is 5.73 Å². The van der Waals surface area contributed by atoms with E-state index in [0.717, 1.165) is 5.52 Å². The van der Waals surface area contributed by atoms with Gasteiger partial charge < -0.3 is 5.73 Å². The van der Waals surface area contributed by atoms with E-state index < -0.39 is 11.8 Å². The molecule has 0 aliphatic rings. The van der Waals surface area contributed by atoms with E-state index in [1.807, 2.05) is 30.5 Å². The summed E-state index contributed by atoms with van der Waals surface area (Å²) in [6, 6.07) is 11.5. The summed E-state index contributed by atoms with van der Waals surface area (Å²) in [7, 11) is 0. The fourth-order valence-corrected chi connectivity index (χ4v) is 1.30. The second kappa shape index (κ2) is 10.6. The molecule has 1 aromatic heterocycles. The largest absolute Gasteiger partial charge is 0.321 e. The number of fused-ring (bicyclic) bond motifs is 1. The highest BCUT2D eigenvalue weighted by Crippen LogP contribution is 2.07. The minimum Gasteiger partial charge on any atom is -0.321 e. The zero-order chi connectivity index (χ0) is 15.4. The van der Waals surface area contributed by atoms with Crippen molar-refractivity contribution in [3.63, 3.8) is 0 Å². The van der Waals surface area contributed by atoms with E-state index in [9.17, 15) is 9.59 Å². The molecule has 0 aliphatic carbocycles. The van der Waals surface area contributed by atoms with Crippen molar-refractivity contribution in [3.05, 3.63) is 55.8 Å². The Kier molecular flexibility index (Phi) is 9.35. The van der Waals surface area contributed by atoms with Crippen LogP contribution in [0.3, 0.4) is 0 Å². The van der Waals surface area contributed by atoms with Gasteiger partial charge in [-0.3, -0.25) is 14.6 Å². The molecule has 1 aromatic carbocycles. The lowest BCUT2D eigenvalue weighted by molar-refractivity contribution is -0.130. The Morgan fingerprint density at radius 2 is 1.90 bits per heavy atom. The van der Waals surface area contributed by atoms with Gasteiger partial charge in [0.2, 0.25) is 5.78 Å². The highest BCUT2D eigenvalue weighted by atomic mass is 16.2. The van der Waals surface area contributed by atoms with Gasteiger partial charge in [0, 0.05) is 11.6 Å². The number of hydrogen-bond acceptors (Lipinski definition) is 4. The number of nitrogens with zero attached hydrogens (tertiary/aromatic N) is 1. The molecule has 0 bridgehead atoms. The van der Waals surface area contributed by atoms with Crippen LogP contribution in [0.15, 0.2) is 55.8 Å². The molecule has 0 radical (unpaired) electrons. The van der Waals surface area contributed by atoms with Crippen LogP contribution >= 0.6 is 0 Å². The molecule has 0 saturated heterocycles. The summed E-state index contributed by atoms with van der Waals surface area (Å²) in [5.41, 5.74) is 6.21. The van der Waals surface area contributed by atoms with Crippen LogP contribution in [0.25, 0.3) is 10.9 Å². The van der Waals surface area contributed by atoms with Crippen LogP contribution in [0.1, 0.15) is 13.3 Å². The number of nitrogens with two attached hydrogens (primary N) is 1. The highest BCUT2D eigenvalue weighted by molar-refractivity contribution is 6.27. The molecule has 1 unspecified atom stereocenters. The number of carbonyl (C=O) groups excluding carboxylic acids is 2. The van der Waals surface area contributed by atoms with Crippen molar-refractivity contribution in [2.45, 2.75) is 19.4 Å². The smallest absolute Gasteiger partial charge is 0.211 e. The molecule has 2 aromatic rings. The number of hydrogen-bond donors (Lipinski definition) is 1. The maximum atomic E-state index is 10.2. The monoisotopic (exact) mass is 272 g/mol. The summed E-state index contributed by atoms with van der Waals surface area (Å²) in [5.74, 6) is -0.521. The first-order chi connectivity index (χ1) is 9.69. The first kappa shape index (κ1) is 17.7. The number of carbonyl (C=O) groups is 2. The van der Waals surface area contributed by atoms with Crippen molar-refractivity contribution in [1.29, 1.82) is 0 Å². The Labute approximate surface area is 119 Å². The van der Waals surface area contributed by atoms with Crippen molar-refractivity contribution in [3.8, 4) is 0 Å². The van der Waals surface area contributed by atoms with Crippen LogP contribution < -0.4 is 5.73 Å². The predicted molar refractivity (Wildman–Crippen MR) is 82.3 cm³/mol. The molecule has 20 heavy (non-hydrogen) atoms. The van der Waals surface area contributed by atoms with E-state index in [1.54, 1.807) is 6.92 Å². The molecule has 4 nitrogen and oxygen atoms in total. The second-order valence-corrected chi connectivity index (χ2v) is 3.73. The van der Waals surface area contributed by atoms with E-state index in [0.29, 0.717) is 6.42 Å². The SMILES string of the molecule is C=C.CCC(N)C(=O)C=O.c1ccc2ncccc2c1. The maximum absolute atomic E-state index is 10.2. The van der Waals surface area contributed by atoms with Gasteiger partial charge in [-0.15, -0.1) is 13.2 Å². The molecular formula is C16H20N2O2. The molecule has 0 aliphatic heterocycles. The van der Waals surface area contributed by atoms with Gasteiger partial charge >= 0.3 is 0 Å². The van der Waals surface area contributed by atoms with Crippen molar-refractivity contribution < 1.29 is 9.59 Å². The van der Waals surface area contributed by atoms with E-state index in [1.165, 1.54) is 5.39 Å². The lowest BCUT2D eigenvalue weighted by Crippen LogP contribution is -2.30. The number of rotatable bonds is 3. The first-order valence-electron chi connectivity index (χ1n) is 6.23. The van der Waals surface area contributed by atoms with Crippen molar-refractivity contribution in [2.24, 2.45) is 5.73 Å². The molecule has 1 atom stereocenters. The van der Waals surface area contributed by atoms with Gasteiger partial charge in [-0.2, -0.15) is 0 Å². The number of para-hydroxylation sites is 1. The molecule has 0 amide bonds. The van der Waals surface area contributed by atoms with E-state index in [2.05, 4.69) is 30.3 Å². The third kappa shape index (κ3) is 6.02. The Morgan fingerprint density at radius 3 is 2.40 bits per heavy atom. The standard InChI is InChI=1S/C9H7N.C5H9NO2.C2H4/c1-2-6-9-8(4-1)5-3-7-10-9;1-2-4(6)5(8)3-7;1-2/h1-7H;3-4H,2,6H2,1H3;1-2H2. The third-order valence-corrected chi connectivity index (χ3v) is 2.43. The van der Waals surface area contributed by atoms with Crippen molar-refractivity contribution in [1.82, 2.24) is 4.98 Å². The van der Waals surface area contributed by atoms with Gasteiger partial charge in [0.25, 0.3) is 0 Å². The fourth-order valence-electron chi connectivity index (χ4n) is 1.30. The molecule has 1 heterocycles.